The Balaban J connectivity index is 1.74. The van der Waals surface area contributed by atoms with Crippen LogP contribution in [-0.4, -0.2) is 37.3 Å². The van der Waals surface area contributed by atoms with Crippen LogP contribution < -0.4 is 15.4 Å². The van der Waals surface area contributed by atoms with Gasteiger partial charge in [-0.3, -0.25) is 4.99 Å². The molecular weight excluding hydrogens is 326 g/mol. The van der Waals surface area contributed by atoms with E-state index in [-0.39, 0.29) is 0 Å². The van der Waals surface area contributed by atoms with Crippen molar-refractivity contribution in [2.45, 2.75) is 26.4 Å². The molecule has 0 amide bonds. The third-order valence-corrected chi connectivity index (χ3v) is 3.95. The first-order valence-corrected chi connectivity index (χ1v) is 9.14. The maximum atomic E-state index is 10.2. The lowest BCUT2D eigenvalue weighted by Crippen LogP contribution is -2.39. The third kappa shape index (κ3) is 6.76. The minimum absolute atomic E-state index is 0.493. The lowest BCUT2D eigenvalue weighted by Gasteiger charge is -2.14. The quantitative estimate of drug-likeness (QED) is 0.367. The SMILES string of the molecule is CCNC(=NCCC(O)c1ccccc1)NCCOc1ccccc1C. The molecule has 26 heavy (non-hydrogen) atoms. The molecule has 2 aromatic rings. The summed E-state index contributed by atoms with van der Waals surface area (Å²) in [5, 5.41) is 16.7. The Bertz CT molecular complexity index is 674. The molecule has 0 radical (unpaired) electrons. The van der Waals surface area contributed by atoms with Crippen molar-refractivity contribution in [3.05, 3.63) is 65.7 Å². The largest absolute Gasteiger partial charge is 0.491 e. The monoisotopic (exact) mass is 355 g/mol. The molecule has 0 aliphatic rings. The number of aryl methyl sites for hydroxylation is 1. The van der Waals surface area contributed by atoms with Crippen LogP contribution >= 0.6 is 0 Å². The van der Waals surface area contributed by atoms with Crippen LogP contribution in [0.2, 0.25) is 0 Å². The molecule has 0 fully saturated rings. The number of guanidine groups is 1. The molecule has 0 bridgehead atoms. The lowest BCUT2D eigenvalue weighted by atomic mass is 10.1. The van der Waals surface area contributed by atoms with Crippen molar-refractivity contribution in [3.8, 4) is 5.75 Å². The Labute approximate surface area is 156 Å². The molecule has 1 unspecified atom stereocenters. The summed E-state index contributed by atoms with van der Waals surface area (Å²) < 4.78 is 5.78. The van der Waals surface area contributed by atoms with Gasteiger partial charge in [0.05, 0.1) is 12.6 Å². The minimum Gasteiger partial charge on any atom is -0.491 e. The second-order valence-corrected chi connectivity index (χ2v) is 6.02. The van der Waals surface area contributed by atoms with E-state index in [2.05, 4.69) is 15.6 Å². The second-order valence-electron chi connectivity index (χ2n) is 6.02. The van der Waals surface area contributed by atoms with Crippen LogP contribution in [0, 0.1) is 6.92 Å². The molecule has 0 spiro atoms. The first-order chi connectivity index (χ1) is 12.7. The van der Waals surface area contributed by atoms with Crippen molar-refractivity contribution < 1.29 is 9.84 Å². The molecular formula is C21H29N3O2. The highest BCUT2D eigenvalue weighted by Crippen LogP contribution is 2.16. The molecule has 5 heteroatoms. The van der Waals surface area contributed by atoms with Crippen molar-refractivity contribution in [2.75, 3.05) is 26.2 Å². The van der Waals surface area contributed by atoms with Gasteiger partial charge in [0, 0.05) is 13.1 Å². The van der Waals surface area contributed by atoms with Crippen molar-refractivity contribution in [1.29, 1.82) is 0 Å². The van der Waals surface area contributed by atoms with Crippen molar-refractivity contribution in [2.24, 2.45) is 4.99 Å². The maximum absolute atomic E-state index is 10.2. The summed E-state index contributed by atoms with van der Waals surface area (Å²) in [4.78, 5) is 4.52. The van der Waals surface area contributed by atoms with Gasteiger partial charge in [-0.25, -0.2) is 0 Å². The van der Waals surface area contributed by atoms with Crippen molar-refractivity contribution in [3.63, 3.8) is 0 Å². The van der Waals surface area contributed by atoms with E-state index in [1.807, 2.05) is 68.4 Å². The number of ether oxygens (including phenoxy) is 1. The van der Waals surface area contributed by atoms with Crippen LogP contribution in [-0.2, 0) is 0 Å². The number of aliphatic hydroxyl groups is 1. The highest BCUT2D eigenvalue weighted by molar-refractivity contribution is 5.79. The smallest absolute Gasteiger partial charge is 0.191 e. The predicted octanol–water partition coefficient (Wildman–Crippen LogP) is 3.05. The summed E-state index contributed by atoms with van der Waals surface area (Å²) in [7, 11) is 0. The first kappa shape index (κ1) is 19.8. The number of nitrogens with one attached hydrogen (secondary N) is 2. The van der Waals surface area contributed by atoms with Gasteiger partial charge in [0.15, 0.2) is 5.96 Å². The number of hydrogen-bond donors (Lipinski definition) is 3. The molecule has 5 nitrogen and oxygen atoms in total. The summed E-state index contributed by atoms with van der Waals surface area (Å²) in [5.74, 6) is 1.64. The molecule has 0 aromatic heterocycles. The molecule has 2 aromatic carbocycles. The van der Waals surface area contributed by atoms with Crippen LogP contribution in [0.3, 0.4) is 0 Å². The Hall–Kier alpha value is -2.53. The van der Waals surface area contributed by atoms with Gasteiger partial charge in [-0.15, -0.1) is 0 Å². The fourth-order valence-corrected chi connectivity index (χ4v) is 2.53. The molecule has 0 saturated carbocycles. The zero-order chi connectivity index (χ0) is 18.6. The van der Waals surface area contributed by atoms with E-state index in [1.54, 1.807) is 0 Å². The third-order valence-electron chi connectivity index (χ3n) is 3.95. The van der Waals surface area contributed by atoms with E-state index in [0.29, 0.717) is 26.1 Å². The zero-order valence-electron chi connectivity index (χ0n) is 15.6. The van der Waals surface area contributed by atoms with Gasteiger partial charge >= 0.3 is 0 Å². The molecule has 3 N–H and O–H groups in total. The Morgan fingerprint density at radius 3 is 2.54 bits per heavy atom. The lowest BCUT2D eigenvalue weighted by molar-refractivity contribution is 0.170. The van der Waals surface area contributed by atoms with Crippen LogP contribution in [0.5, 0.6) is 5.75 Å². The molecule has 0 heterocycles. The first-order valence-electron chi connectivity index (χ1n) is 9.14. The van der Waals surface area contributed by atoms with Gasteiger partial charge < -0.3 is 20.5 Å². The Morgan fingerprint density at radius 1 is 1.08 bits per heavy atom. The number of aliphatic imine (C=N–C) groups is 1. The van der Waals surface area contributed by atoms with Crippen LogP contribution in [0.25, 0.3) is 0 Å². The minimum atomic E-state index is -0.493. The van der Waals surface area contributed by atoms with Crippen LogP contribution in [0.1, 0.15) is 30.6 Å². The number of benzene rings is 2. The molecule has 1 atom stereocenters. The Kier molecular flexibility index (Phi) is 8.49. The van der Waals surface area contributed by atoms with Crippen LogP contribution in [0.15, 0.2) is 59.6 Å². The van der Waals surface area contributed by atoms with Crippen LogP contribution in [0.4, 0.5) is 0 Å². The van der Waals surface area contributed by atoms with Gasteiger partial charge in [0.2, 0.25) is 0 Å². The molecule has 2 rings (SSSR count). The molecule has 0 saturated heterocycles. The topological polar surface area (TPSA) is 65.9 Å². The average molecular weight is 355 g/mol. The number of para-hydroxylation sites is 1. The van der Waals surface area contributed by atoms with Gasteiger partial charge in [-0.2, -0.15) is 0 Å². The predicted molar refractivity (Wildman–Crippen MR) is 107 cm³/mol. The highest BCUT2D eigenvalue weighted by atomic mass is 16.5. The van der Waals surface area contributed by atoms with E-state index in [1.165, 1.54) is 0 Å². The molecule has 0 aliphatic heterocycles. The van der Waals surface area contributed by atoms with Crippen molar-refractivity contribution >= 4 is 5.96 Å². The molecule has 140 valence electrons. The van der Waals surface area contributed by atoms with E-state index in [4.69, 9.17) is 4.74 Å². The number of aliphatic hydroxyl groups excluding tert-OH is 1. The second kappa shape index (κ2) is 11.2. The maximum Gasteiger partial charge on any atom is 0.191 e. The normalized spacial score (nSPS) is 12.5. The fourth-order valence-electron chi connectivity index (χ4n) is 2.53. The number of rotatable bonds is 9. The van der Waals surface area contributed by atoms with Gasteiger partial charge in [-0.05, 0) is 37.5 Å². The van der Waals surface area contributed by atoms with Gasteiger partial charge in [0.1, 0.15) is 12.4 Å². The standard InChI is InChI=1S/C21H29N3O2/c1-3-22-21(23-14-13-19(25)18-10-5-4-6-11-18)24-15-16-26-20-12-8-7-9-17(20)2/h4-12,19,25H,3,13-16H2,1-2H3,(H2,22,23,24). The average Bonchev–Trinajstić information content (AvgIpc) is 2.67. The number of hydrogen-bond acceptors (Lipinski definition) is 3. The van der Waals surface area contributed by atoms with E-state index in [9.17, 15) is 5.11 Å². The van der Waals surface area contributed by atoms with Gasteiger partial charge in [0.25, 0.3) is 0 Å². The Morgan fingerprint density at radius 2 is 1.81 bits per heavy atom. The summed E-state index contributed by atoms with van der Waals surface area (Å²) in [6.07, 6.45) is 0.0903. The van der Waals surface area contributed by atoms with E-state index >= 15 is 0 Å². The summed E-state index contributed by atoms with van der Waals surface area (Å²) >= 11 is 0. The van der Waals surface area contributed by atoms with Gasteiger partial charge in [-0.1, -0.05) is 48.5 Å². The summed E-state index contributed by atoms with van der Waals surface area (Å²) in [6, 6.07) is 17.7. The highest BCUT2D eigenvalue weighted by Gasteiger charge is 2.06. The zero-order valence-corrected chi connectivity index (χ0v) is 15.6. The molecule has 0 aliphatic carbocycles. The van der Waals surface area contributed by atoms with Crippen molar-refractivity contribution in [1.82, 2.24) is 10.6 Å². The summed E-state index contributed by atoms with van der Waals surface area (Å²) in [5.41, 5.74) is 2.05. The fraction of sp³-hybridized carbons (Fsp3) is 0.381. The van der Waals surface area contributed by atoms with E-state index in [0.717, 1.165) is 29.4 Å². The summed E-state index contributed by atoms with van der Waals surface area (Å²) in [6.45, 7) is 6.60. The van der Waals surface area contributed by atoms with E-state index < -0.39 is 6.10 Å². The number of nitrogens with zero attached hydrogens (tertiary/aromatic N) is 1.